The monoisotopic (exact) mass is 322 g/mol. The van der Waals surface area contributed by atoms with Crippen LogP contribution in [-0.2, 0) is 4.79 Å². The van der Waals surface area contributed by atoms with Crippen molar-refractivity contribution in [2.24, 2.45) is 23.7 Å². The standard InChI is InChI=1S/C17H23FN2O3/c1-10(2)13-6-4-11(3)8-14(13)17(21)19-16-9-12(20(22)23)5-7-15(16)18/h5,7,9-11,13-14H,4,6,8H2,1-3H3,(H,19,21)/t11-,13+,14-/m1/s1. The lowest BCUT2D eigenvalue weighted by Crippen LogP contribution is -2.36. The van der Waals surface area contributed by atoms with E-state index in [1.807, 2.05) is 0 Å². The van der Waals surface area contributed by atoms with E-state index in [1.165, 1.54) is 0 Å². The predicted octanol–water partition coefficient (Wildman–Crippen LogP) is 4.38. The molecule has 6 heteroatoms. The number of rotatable bonds is 4. The molecule has 23 heavy (non-hydrogen) atoms. The quantitative estimate of drug-likeness (QED) is 0.660. The van der Waals surface area contributed by atoms with Gasteiger partial charge in [-0.2, -0.15) is 0 Å². The number of hydrogen-bond donors (Lipinski definition) is 1. The highest BCUT2D eigenvalue weighted by Gasteiger charge is 2.35. The number of carbonyl (C=O) groups excluding carboxylic acids is 1. The number of hydrogen-bond acceptors (Lipinski definition) is 3. The summed E-state index contributed by atoms with van der Waals surface area (Å²) in [4.78, 5) is 22.8. The number of nitrogens with zero attached hydrogens (tertiary/aromatic N) is 1. The number of carbonyl (C=O) groups is 1. The number of anilines is 1. The fourth-order valence-corrected chi connectivity index (χ4v) is 3.45. The molecule has 1 aliphatic rings. The number of nitrogens with one attached hydrogen (secondary N) is 1. The van der Waals surface area contributed by atoms with Crippen LogP contribution in [0.25, 0.3) is 0 Å². The van der Waals surface area contributed by atoms with Gasteiger partial charge >= 0.3 is 0 Å². The first-order valence-corrected chi connectivity index (χ1v) is 8.04. The number of nitro benzene ring substituents is 1. The minimum atomic E-state index is -0.658. The summed E-state index contributed by atoms with van der Waals surface area (Å²) in [6, 6.07) is 3.17. The summed E-state index contributed by atoms with van der Waals surface area (Å²) in [6.07, 6.45) is 2.84. The van der Waals surface area contributed by atoms with Crippen molar-refractivity contribution >= 4 is 17.3 Å². The maximum absolute atomic E-state index is 13.9. The van der Waals surface area contributed by atoms with Crippen LogP contribution in [0, 0.1) is 39.6 Å². The Morgan fingerprint density at radius 3 is 2.70 bits per heavy atom. The molecule has 0 saturated heterocycles. The van der Waals surface area contributed by atoms with E-state index in [2.05, 4.69) is 26.1 Å². The van der Waals surface area contributed by atoms with Crippen LogP contribution in [0.15, 0.2) is 18.2 Å². The molecule has 1 aliphatic carbocycles. The fourth-order valence-electron chi connectivity index (χ4n) is 3.45. The van der Waals surface area contributed by atoms with Crippen LogP contribution in [0.3, 0.4) is 0 Å². The summed E-state index contributed by atoms with van der Waals surface area (Å²) in [7, 11) is 0. The lowest BCUT2D eigenvalue weighted by molar-refractivity contribution is -0.384. The van der Waals surface area contributed by atoms with Gasteiger partial charge in [0.1, 0.15) is 5.82 Å². The zero-order chi connectivity index (χ0) is 17.1. The summed E-state index contributed by atoms with van der Waals surface area (Å²) in [5.41, 5.74) is -0.357. The summed E-state index contributed by atoms with van der Waals surface area (Å²) >= 11 is 0. The summed E-state index contributed by atoms with van der Waals surface area (Å²) in [5.74, 6) is -0.00200. The van der Waals surface area contributed by atoms with Crippen molar-refractivity contribution in [3.05, 3.63) is 34.1 Å². The Morgan fingerprint density at radius 2 is 2.09 bits per heavy atom. The Labute approximate surface area is 135 Å². The van der Waals surface area contributed by atoms with E-state index in [4.69, 9.17) is 0 Å². The molecule has 0 aliphatic heterocycles. The number of nitro groups is 1. The molecular weight excluding hydrogens is 299 g/mol. The fraction of sp³-hybridized carbons (Fsp3) is 0.588. The lowest BCUT2D eigenvalue weighted by Gasteiger charge is -2.36. The van der Waals surface area contributed by atoms with Gasteiger partial charge in [-0.15, -0.1) is 0 Å². The van der Waals surface area contributed by atoms with E-state index in [1.54, 1.807) is 0 Å². The molecular formula is C17H23FN2O3. The van der Waals surface area contributed by atoms with Crippen LogP contribution in [0.5, 0.6) is 0 Å². The van der Waals surface area contributed by atoms with Gasteiger partial charge in [0.25, 0.3) is 5.69 Å². The van der Waals surface area contributed by atoms with Crippen LogP contribution in [0.1, 0.15) is 40.0 Å². The third kappa shape index (κ3) is 4.06. The average molecular weight is 322 g/mol. The molecule has 2 rings (SSSR count). The molecule has 1 fully saturated rings. The van der Waals surface area contributed by atoms with E-state index < -0.39 is 10.7 Å². The SMILES string of the molecule is CC(C)[C@@H]1CC[C@@H](C)C[C@H]1C(=O)Nc1cc([N+](=O)[O-])ccc1F. The summed E-state index contributed by atoms with van der Waals surface area (Å²) in [5, 5.41) is 13.4. The van der Waals surface area contributed by atoms with Gasteiger partial charge in [0.15, 0.2) is 0 Å². The molecule has 0 radical (unpaired) electrons. The zero-order valence-electron chi connectivity index (χ0n) is 13.7. The predicted molar refractivity (Wildman–Crippen MR) is 86.5 cm³/mol. The number of non-ortho nitro benzene ring substituents is 1. The van der Waals surface area contributed by atoms with Crippen molar-refractivity contribution in [3.8, 4) is 0 Å². The Kier molecular flexibility index (Phi) is 5.34. The van der Waals surface area contributed by atoms with Crippen molar-refractivity contribution < 1.29 is 14.1 Å². The Morgan fingerprint density at radius 1 is 1.39 bits per heavy atom. The van der Waals surface area contributed by atoms with Gasteiger partial charge in [0, 0.05) is 18.1 Å². The van der Waals surface area contributed by atoms with Crippen molar-refractivity contribution in [1.82, 2.24) is 0 Å². The van der Waals surface area contributed by atoms with Gasteiger partial charge in [0.2, 0.25) is 5.91 Å². The van der Waals surface area contributed by atoms with E-state index in [0.717, 1.165) is 37.5 Å². The number of amides is 1. The van der Waals surface area contributed by atoms with Crippen molar-refractivity contribution in [2.45, 2.75) is 40.0 Å². The molecule has 1 amide bonds. The second kappa shape index (κ2) is 7.06. The van der Waals surface area contributed by atoms with E-state index >= 15 is 0 Å². The van der Waals surface area contributed by atoms with Crippen molar-refractivity contribution in [2.75, 3.05) is 5.32 Å². The first-order valence-electron chi connectivity index (χ1n) is 8.04. The molecule has 1 aromatic carbocycles. The summed E-state index contributed by atoms with van der Waals surface area (Å²) < 4.78 is 13.9. The minimum absolute atomic E-state index is 0.120. The first kappa shape index (κ1) is 17.4. The molecule has 3 atom stereocenters. The molecule has 1 saturated carbocycles. The van der Waals surface area contributed by atoms with Gasteiger partial charge in [-0.05, 0) is 36.7 Å². The van der Waals surface area contributed by atoms with Crippen LogP contribution in [0.2, 0.25) is 0 Å². The van der Waals surface area contributed by atoms with Gasteiger partial charge in [-0.1, -0.05) is 27.2 Å². The maximum Gasteiger partial charge on any atom is 0.271 e. The largest absolute Gasteiger partial charge is 0.323 e. The molecule has 0 bridgehead atoms. The highest BCUT2D eigenvalue weighted by Crippen LogP contribution is 2.38. The van der Waals surface area contributed by atoms with Crippen LogP contribution < -0.4 is 5.32 Å². The van der Waals surface area contributed by atoms with Gasteiger partial charge in [-0.3, -0.25) is 14.9 Å². The van der Waals surface area contributed by atoms with Crippen molar-refractivity contribution in [1.29, 1.82) is 0 Å². The molecule has 1 aromatic rings. The molecule has 0 heterocycles. The number of benzene rings is 1. The minimum Gasteiger partial charge on any atom is -0.323 e. The molecule has 0 spiro atoms. The van der Waals surface area contributed by atoms with Gasteiger partial charge < -0.3 is 5.32 Å². The molecule has 126 valence electrons. The lowest BCUT2D eigenvalue weighted by atomic mass is 9.70. The van der Waals surface area contributed by atoms with E-state index in [-0.39, 0.29) is 29.1 Å². The molecule has 5 nitrogen and oxygen atoms in total. The highest BCUT2D eigenvalue weighted by molar-refractivity contribution is 5.93. The third-order valence-electron chi connectivity index (χ3n) is 4.78. The van der Waals surface area contributed by atoms with Crippen LogP contribution >= 0.6 is 0 Å². The van der Waals surface area contributed by atoms with Crippen molar-refractivity contribution in [3.63, 3.8) is 0 Å². The second-order valence-corrected chi connectivity index (χ2v) is 6.84. The Balaban J connectivity index is 2.19. The Bertz CT molecular complexity index is 604. The second-order valence-electron chi connectivity index (χ2n) is 6.84. The molecule has 0 aromatic heterocycles. The zero-order valence-corrected chi connectivity index (χ0v) is 13.7. The Hall–Kier alpha value is -1.98. The van der Waals surface area contributed by atoms with Gasteiger partial charge in [0.05, 0.1) is 10.6 Å². The molecule has 1 N–H and O–H groups in total. The highest BCUT2D eigenvalue weighted by atomic mass is 19.1. The maximum atomic E-state index is 13.9. The first-order chi connectivity index (χ1) is 10.8. The third-order valence-corrected chi connectivity index (χ3v) is 4.78. The summed E-state index contributed by atoms with van der Waals surface area (Å²) in [6.45, 7) is 6.30. The van der Waals surface area contributed by atoms with Crippen LogP contribution in [-0.4, -0.2) is 10.8 Å². The van der Waals surface area contributed by atoms with E-state index in [0.29, 0.717) is 11.8 Å². The average Bonchev–Trinajstić information content (AvgIpc) is 2.48. The molecule has 0 unspecified atom stereocenters. The van der Waals surface area contributed by atoms with E-state index in [9.17, 15) is 19.3 Å². The topological polar surface area (TPSA) is 72.2 Å². The van der Waals surface area contributed by atoms with Gasteiger partial charge in [-0.25, -0.2) is 4.39 Å². The smallest absolute Gasteiger partial charge is 0.271 e. The normalized spacial score (nSPS) is 24.5. The van der Waals surface area contributed by atoms with Crippen LogP contribution in [0.4, 0.5) is 15.8 Å². The number of halogens is 1.